The Bertz CT molecular complexity index is 1220. The van der Waals surface area contributed by atoms with Gasteiger partial charge in [-0.25, -0.2) is 0 Å². The Hall–Kier alpha value is -3.93. The minimum Gasteiger partial charge on any atom is -0.493 e. The van der Waals surface area contributed by atoms with Crippen molar-refractivity contribution in [3.63, 3.8) is 0 Å². The first kappa shape index (κ1) is 19.7. The van der Waals surface area contributed by atoms with Crippen molar-refractivity contribution in [3.05, 3.63) is 94.5 Å². The number of para-hydroxylation sites is 1. The zero-order chi connectivity index (χ0) is 22.7. The predicted molar refractivity (Wildman–Crippen MR) is 123 cm³/mol. The summed E-state index contributed by atoms with van der Waals surface area (Å²) in [5, 5.41) is 5.42. The zero-order valence-electron chi connectivity index (χ0n) is 18.3. The number of methoxy groups -OCH3 is 2. The molecule has 164 valence electrons. The van der Waals surface area contributed by atoms with Crippen LogP contribution >= 0.6 is 0 Å². The number of hydrogen-bond donors (Lipinski definition) is 0. The van der Waals surface area contributed by atoms with Gasteiger partial charge in [-0.3, -0.25) is 9.59 Å². The third-order valence-corrected chi connectivity index (χ3v) is 7.17. The number of carbonyl (C=O) groups excluding carboxylic acids is 2. The molecule has 0 radical (unpaired) electrons. The number of ether oxygens (including phenoxy) is 2. The molecule has 3 aliphatic carbocycles. The van der Waals surface area contributed by atoms with Gasteiger partial charge in [-0.2, -0.15) is 10.1 Å². The average Bonchev–Trinajstić information content (AvgIpc) is 3.12. The van der Waals surface area contributed by atoms with E-state index in [-0.39, 0.29) is 23.7 Å². The van der Waals surface area contributed by atoms with Crippen LogP contribution in [0.4, 0.5) is 0 Å². The minimum absolute atomic E-state index is 0.143. The van der Waals surface area contributed by atoms with Gasteiger partial charge in [0.1, 0.15) is 0 Å². The highest BCUT2D eigenvalue weighted by atomic mass is 16.5. The third kappa shape index (κ3) is 2.64. The van der Waals surface area contributed by atoms with Gasteiger partial charge < -0.3 is 9.47 Å². The molecule has 1 heterocycles. The number of carbonyl (C=O) groups is 2. The minimum atomic E-state index is -0.448. The van der Waals surface area contributed by atoms with Crippen molar-refractivity contribution >= 4 is 18.0 Å². The summed E-state index contributed by atoms with van der Waals surface area (Å²) < 4.78 is 10.8. The average molecular weight is 438 g/mol. The van der Waals surface area contributed by atoms with Crippen molar-refractivity contribution in [3.8, 4) is 11.5 Å². The maximum Gasteiger partial charge on any atom is 0.254 e. The molecule has 0 N–H and O–H groups in total. The standard InChI is InChI=1S/C27H22N2O4/c1-32-20-13-7-8-15(25(20)33-2)14-28-29-26(30)23-21-16-9-3-4-10-17(16)22(24(23)27(29)31)19-12-6-5-11-18(19)21/h3-14,21-24H,1-2H3/b28-14-/t21?,22?,23-,24-/m1/s1. The van der Waals surface area contributed by atoms with Crippen molar-refractivity contribution in [1.29, 1.82) is 0 Å². The summed E-state index contributed by atoms with van der Waals surface area (Å²) in [6.07, 6.45) is 1.50. The number of benzene rings is 3. The maximum atomic E-state index is 13.6. The summed E-state index contributed by atoms with van der Waals surface area (Å²) >= 11 is 0. The van der Waals surface area contributed by atoms with Crippen molar-refractivity contribution in [2.24, 2.45) is 16.9 Å². The van der Waals surface area contributed by atoms with Crippen LogP contribution < -0.4 is 9.47 Å². The molecule has 1 saturated heterocycles. The fourth-order valence-corrected chi connectivity index (χ4v) is 5.91. The van der Waals surface area contributed by atoms with Gasteiger partial charge in [-0.15, -0.1) is 0 Å². The molecule has 2 bridgehead atoms. The Morgan fingerprint density at radius 3 is 1.70 bits per heavy atom. The first-order valence-electron chi connectivity index (χ1n) is 11.0. The van der Waals surface area contributed by atoms with Gasteiger partial charge in [0.05, 0.1) is 32.3 Å². The lowest BCUT2D eigenvalue weighted by atomic mass is 9.55. The molecule has 0 aromatic heterocycles. The van der Waals surface area contributed by atoms with E-state index in [9.17, 15) is 9.59 Å². The van der Waals surface area contributed by atoms with E-state index in [2.05, 4.69) is 29.4 Å². The fraction of sp³-hybridized carbons (Fsp3) is 0.222. The quantitative estimate of drug-likeness (QED) is 0.457. The van der Waals surface area contributed by atoms with Crippen LogP contribution in [0.15, 0.2) is 71.8 Å². The molecule has 3 aromatic carbocycles. The lowest BCUT2D eigenvalue weighted by molar-refractivity contribution is -0.139. The Morgan fingerprint density at radius 1 is 0.727 bits per heavy atom. The fourth-order valence-electron chi connectivity index (χ4n) is 5.91. The number of amides is 2. The van der Waals surface area contributed by atoms with E-state index in [1.54, 1.807) is 26.4 Å². The lowest BCUT2D eigenvalue weighted by Crippen LogP contribution is -2.41. The number of rotatable bonds is 4. The largest absolute Gasteiger partial charge is 0.493 e. The molecular weight excluding hydrogens is 416 g/mol. The van der Waals surface area contributed by atoms with E-state index in [1.807, 2.05) is 30.3 Å². The van der Waals surface area contributed by atoms with Crippen molar-refractivity contribution in [1.82, 2.24) is 5.01 Å². The first-order chi connectivity index (χ1) is 16.2. The molecule has 3 aromatic rings. The molecule has 2 atom stereocenters. The number of hydrogen-bond acceptors (Lipinski definition) is 5. The van der Waals surface area contributed by atoms with E-state index in [4.69, 9.17) is 9.47 Å². The molecule has 1 fully saturated rings. The van der Waals surface area contributed by atoms with Crippen LogP contribution in [-0.2, 0) is 9.59 Å². The maximum absolute atomic E-state index is 13.6. The summed E-state index contributed by atoms with van der Waals surface area (Å²) in [6.45, 7) is 0. The van der Waals surface area contributed by atoms with E-state index in [1.165, 1.54) is 6.21 Å². The van der Waals surface area contributed by atoms with Gasteiger partial charge in [0.2, 0.25) is 0 Å². The van der Waals surface area contributed by atoms with Crippen LogP contribution in [0, 0.1) is 11.8 Å². The van der Waals surface area contributed by atoms with Gasteiger partial charge in [-0.05, 0) is 34.4 Å². The molecule has 6 nitrogen and oxygen atoms in total. The number of imide groups is 1. The van der Waals surface area contributed by atoms with E-state index < -0.39 is 11.8 Å². The van der Waals surface area contributed by atoms with Gasteiger partial charge >= 0.3 is 0 Å². The topological polar surface area (TPSA) is 68.2 Å². The lowest BCUT2D eigenvalue weighted by Gasteiger charge is -2.45. The van der Waals surface area contributed by atoms with Crippen LogP contribution in [0.25, 0.3) is 0 Å². The summed E-state index contributed by atoms with van der Waals surface area (Å²) in [7, 11) is 3.10. The second-order valence-corrected chi connectivity index (χ2v) is 8.58. The van der Waals surface area contributed by atoms with Crippen LogP contribution in [0.3, 0.4) is 0 Å². The highest BCUT2D eigenvalue weighted by Crippen LogP contribution is 2.60. The molecular formula is C27H22N2O4. The van der Waals surface area contributed by atoms with Crippen LogP contribution in [0.2, 0.25) is 0 Å². The monoisotopic (exact) mass is 438 g/mol. The molecule has 6 heteroatoms. The molecule has 2 amide bonds. The van der Waals surface area contributed by atoms with Gasteiger partial charge in [-0.1, -0.05) is 54.6 Å². The molecule has 0 spiro atoms. The van der Waals surface area contributed by atoms with Gasteiger partial charge in [0.25, 0.3) is 11.8 Å². The summed E-state index contributed by atoms with van der Waals surface area (Å²) in [4.78, 5) is 27.2. The molecule has 0 unspecified atom stereocenters. The Labute approximate surface area is 191 Å². The predicted octanol–water partition coefficient (Wildman–Crippen LogP) is 3.93. The summed E-state index contributed by atoms with van der Waals surface area (Å²) in [6, 6.07) is 21.8. The Morgan fingerprint density at radius 2 is 1.24 bits per heavy atom. The molecule has 1 aliphatic heterocycles. The molecule has 4 aliphatic rings. The van der Waals surface area contributed by atoms with Crippen molar-refractivity contribution < 1.29 is 19.1 Å². The highest BCUT2D eigenvalue weighted by molar-refractivity contribution is 6.08. The van der Waals surface area contributed by atoms with E-state index in [0.29, 0.717) is 17.1 Å². The SMILES string of the molecule is COc1cccc(/C=N\N2C(=O)[C@@H]3C4c5ccccc5C(c5ccccc54)[C@H]3C2=O)c1OC. The van der Waals surface area contributed by atoms with E-state index >= 15 is 0 Å². The molecule has 7 rings (SSSR count). The third-order valence-electron chi connectivity index (χ3n) is 7.17. The second kappa shape index (κ2) is 7.30. The molecule has 0 saturated carbocycles. The number of hydrazone groups is 1. The first-order valence-corrected chi connectivity index (χ1v) is 11.0. The van der Waals surface area contributed by atoms with Crippen LogP contribution in [0.5, 0.6) is 11.5 Å². The smallest absolute Gasteiger partial charge is 0.254 e. The van der Waals surface area contributed by atoms with Crippen molar-refractivity contribution in [2.75, 3.05) is 14.2 Å². The Balaban J connectivity index is 1.43. The summed E-state index contributed by atoms with van der Waals surface area (Å²) in [5.41, 5.74) is 5.20. The highest BCUT2D eigenvalue weighted by Gasteiger charge is 2.61. The van der Waals surface area contributed by atoms with Crippen LogP contribution in [-0.4, -0.2) is 37.3 Å². The van der Waals surface area contributed by atoms with Crippen molar-refractivity contribution in [2.45, 2.75) is 11.8 Å². The zero-order valence-corrected chi connectivity index (χ0v) is 18.3. The molecule has 33 heavy (non-hydrogen) atoms. The summed E-state index contributed by atoms with van der Waals surface area (Å²) in [5.74, 6) is -0.623. The Kier molecular flexibility index (Phi) is 4.37. The van der Waals surface area contributed by atoms with E-state index in [0.717, 1.165) is 27.3 Å². The number of nitrogens with zero attached hydrogens (tertiary/aromatic N) is 2. The second-order valence-electron chi connectivity index (χ2n) is 8.58. The van der Waals surface area contributed by atoms with Gasteiger partial charge in [0, 0.05) is 17.4 Å². The van der Waals surface area contributed by atoms with Crippen LogP contribution in [0.1, 0.15) is 39.7 Å². The van der Waals surface area contributed by atoms with Gasteiger partial charge in [0.15, 0.2) is 11.5 Å². The normalized spacial score (nSPS) is 24.6.